The maximum atomic E-state index is 13.0. The van der Waals surface area contributed by atoms with E-state index in [9.17, 15) is 9.18 Å². The van der Waals surface area contributed by atoms with E-state index in [0.717, 1.165) is 19.5 Å². The lowest BCUT2D eigenvalue weighted by atomic mass is 10.1. The van der Waals surface area contributed by atoms with E-state index in [0.29, 0.717) is 5.56 Å². The van der Waals surface area contributed by atoms with E-state index < -0.39 is 0 Å². The lowest BCUT2D eigenvalue weighted by Gasteiger charge is -2.23. The van der Waals surface area contributed by atoms with Gasteiger partial charge < -0.3 is 10.2 Å². The fourth-order valence-electron chi connectivity index (χ4n) is 1.96. The van der Waals surface area contributed by atoms with Gasteiger partial charge in [-0.15, -0.1) is 12.4 Å². The molecule has 3 nitrogen and oxygen atoms in total. The van der Waals surface area contributed by atoms with Gasteiger partial charge in [0.15, 0.2) is 0 Å². The van der Waals surface area contributed by atoms with Gasteiger partial charge in [0.2, 0.25) is 0 Å². The van der Waals surface area contributed by atoms with Crippen molar-refractivity contribution in [2.75, 3.05) is 20.1 Å². The first kappa shape index (κ1) is 13.9. The first-order chi connectivity index (χ1) is 7.68. The number of nitrogens with one attached hydrogen (secondary N) is 1. The fourth-order valence-corrected chi connectivity index (χ4v) is 1.96. The third kappa shape index (κ3) is 3.17. The van der Waals surface area contributed by atoms with Crippen LogP contribution in [0, 0.1) is 5.82 Å². The topological polar surface area (TPSA) is 32.3 Å². The highest BCUT2D eigenvalue weighted by Gasteiger charge is 2.23. The van der Waals surface area contributed by atoms with Crippen LogP contribution >= 0.6 is 12.4 Å². The number of rotatable bonds is 2. The van der Waals surface area contributed by atoms with E-state index in [-0.39, 0.29) is 30.2 Å². The van der Waals surface area contributed by atoms with Crippen LogP contribution in [0.2, 0.25) is 0 Å². The van der Waals surface area contributed by atoms with Gasteiger partial charge in [-0.1, -0.05) is 6.07 Å². The summed E-state index contributed by atoms with van der Waals surface area (Å²) in [5.74, 6) is -0.489. The number of likely N-dealkylation sites (N-methyl/N-ethyl adjacent to an activating group) is 1. The molecule has 0 spiro atoms. The van der Waals surface area contributed by atoms with Crippen molar-refractivity contribution in [3.05, 3.63) is 35.6 Å². The molecule has 1 aromatic rings. The van der Waals surface area contributed by atoms with Crippen LogP contribution in [0.15, 0.2) is 24.3 Å². The summed E-state index contributed by atoms with van der Waals surface area (Å²) in [7, 11) is 1.77. The lowest BCUT2D eigenvalue weighted by molar-refractivity contribution is 0.0743. The molecule has 17 heavy (non-hydrogen) atoms. The molecule has 0 aromatic heterocycles. The van der Waals surface area contributed by atoms with E-state index in [1.165, 1.54) is 12.1 Å². The quantitative estimate of drug-likeness (QED) is 0.876. The molecule has 1 unspecified atom stereocenters. The molecule has 0 bridgehead atoms. The minimum atomic E-state index is -0.371. The molecule has 1 aliphatic rings. The molecule has 0 radical (unpaired) electrons. The molecular weight excluding hydrogens is 243 g/mol. The van der Waals surface area contributed by atoms with Crippen LogP contribution in [0.25, 0.3) is 0 Å². The predicted molar refractivity (Wildman–Crippen MR) is 67.0 cm³/mol. The van der Waals surface area contributed by atoms with Crippen LogP contribution in [0.4, 0.5) is 4.39 Å². The van der Waals surface area contributed by atoms with Crippen LogP contribution in [-0.2, 0) is 0 Å². The number of carbonyl (C=O) groups is 1. The molecule has 1 fully saturated rings. The molecule has 1 amide bonds. The number of hydrogen-bond donors (Lipinski definition) is 1. The van der Waals surface area contributed by atoms with E-state index in [2.05, 4.69) is 5.32 Å². The zero-order chi connectivity index (χ0) is 11.5. The van der Waals surface area contributed by atoms with Gasteiger partial charge in [0, 0.05) is 25.2 Å². The zero-order valence-electron chi connectivity index (χ0n) is 9.65. The summed E-state index contributed by atoms with van der Waals surface area (Å²) in [6.07, 6.45) is 0.956. The van der Waals surface area contributed by atoms with Crippen molar-refractivity contribution in [3.63, 3.8) is 0 Å². The van der Waals surface area contributed by atoms with Gasteiger partial charge in [0.05, 0.1) is 0 Å². The van der Waals surface area contributed by atoms with Crippen molar-refractivity contribution in [2.45, 2.75) is 12.5 Å². The van der Waals surface area contributed by atoms with Crippen LogP contribution in [0.5, 0.6) is 0 Å². The molecule has 1 atom stereocenters. The second kappa shape index (κ2) is 5.98. The van der Waals surface area contributed by atoms with Crippen molar-refractivity contribution < 1.29 is 9.18 Å². The largest absolute Gasteiger partial charge is 0.337 e. The average molecular weight is 259 g/mol. The second-order valence-electron chi connectivity index (χ2n) is 4.07. The molecule has 5 heteroatoms. The maximum Gasteiger partial charge on any atom is 0.253 e. The van der Waals surface area contributed by atoms with Crippen LogP contribution in [0.3, 0.4) is 0 Å². The highest BCUT2D eigenvalue weighted by molar-refractivity contribution is 5.94. The minimum absolute atomic E-state index is 0. The van der Waals surface area contributed by atoms with Gasteiger partial charge in [0.1, 0.15) is 5.82 Å². The van der Waals surface area contributed by atoms with Gasteiger partial charge in [-0.2, -0.15) is 0 Å². The lowest BCUT2D eigenvalue weighted by Crippen LogP contribution is -2.38. The number of carbonyl (C=O) groups excluding carboxylic acids is 1. The molecule has 1 N–H and O–H groups in total. The van der Waals surface area contributed by atoms with Crippen LogP contribution < -0.4 is 5.32 Å². The Balaban J connectivity index is 0.00000144. The SMILES string of the molecule is CN(C(=O)c1cccc(F)c1)C1CCNC1.Cl. The highest BCUT2D eigenvalue weighted by atomic mass is 35.5. The molecule has 1 heterocycles. The Morgan fingerprint density at radius 2 is 2.29 bits per heavy atom. The van der Waals surface area contributed by atoms with E-state index in [1.54, 1.807) is 24.1 Å². The summed E-state index contributed by atoms with van der Waals surface area (Å²) in [6, 6.07) is 6.04. The first-order valence-electron chi connectivity index (χ1n) is 5.42. The monoisotopic (exact) mass is 258 g/mol. The van der Waals surface area contributed by atoms with Gasteiger partial charge in [-0.3, -0.25) is 4.79 Å². The Bertz CT molecular complexity index is 394. The van der Waals surface area contributed by atoms with Crippen LogP contribution in [-0.4, -0.2) is 37.0 Å². The Hall–Kier alpha value is -1.13. The Labute approximate surface area is 106 Å². The van der Waals surface area contributed by atoms with Gasteiger partial charge >= 0.3 is 0 Å². The van der Waals surface area contributed by atoms with Crippen molar-refractivity contribution in [3.8, 4) is 0 Å². The summed E-state index contributed by atoms with van der Waals surface area (Å²) in [5.41, 5.74) is 0.411. The number of hydrogen-bond acceptors (Lipinski definition) is 2. The number of amides is 1. The van der Waals surface area contributed by atoms with E-state index in [4.69, 9.17) is 0 Å². The van der Waals surface area contributed by atoms with Gasteiger partial charge in [0.25, 0.3) is 5.91 Å². The third-order valence-corrected chi connectivity index (χ3v) is 2.97. The Morgan fingerprint density at radius 1 is 1.53 bits per heavy atom. The number of halogens is 2. The molecule has 1 aromatic carbocycles. The molecule has 1 saturated heterocycles. The van der Waals surface area contributed by atoms with E-state index in [1.807, 2.05) is 0 Å². The van der Waals surface area contributed by atoms with Gasteiger partial charge in [-0.05, 0) is 31.2 Å². The van der Waals surface area contributed by atoms with Crippen molar-refractivity contribution in [1.82, 2.24) is 10.2 Å². The Morgan fingerprint density at radius 3 is 2.88 bits per heavy atom. The first-order valence-corrected chi connectivity index (χ1v) is 5.42. The molecular formula is C12H16ClFN2O. The maximum absolute atomic E-state index is 13.0. The van der Waals surface area contributed by atoms with Crippen molar-refractivity contribution in [2.24, 2.45) is 0 Å². The summed E-state index contributed by atoms with van der Waals surface area (Å²) in [6.45, 7) is 1.75. The van der Waals surface area contributed by atoms with Crippen molar-refractivity contribution in [1.29, 1.82) is 0 Å². The summed E-state index contributed by atoms with van der Waals surface area (Å²) >= 11 is 0. The molecule has 0 aliphatic carbocycles. The molecule has 2 rings (SSSR count). The normalized spacial score (nSPS) is 18.6. The number of benzene rings is 1. The summed E-state index contributed by atoms with van der Waals surface area (Å²) in [4.78, 5) is 13.7. The fraction of sp³-hybridized carbons (Fsp3) is 0.417. The van der Waals surface area contributed by atoms with Crippen LogP contribution in [0.1, 0.15) is 16.8 Å². The minimum Gasteiger partial charge on any atom is -0.337 e. The summed E-state index contributed by atoms with van der Waals surface area (Å²) < 4.78 is 13.0. The molecule has 0 saturated carbocycles. The zero-order valence-corrected chi connectivity index (χ0v) is 10.5. The number of nitrogens with zero attached hydrogens (tertiary/aromatic N) is 1. The highest BCUT2D eigenvalue weighted by Crippen LogP contribution is 2.12. The van der Waals surface area contributed by atoms with E-state index >= 15 is 0 Å². The summed E-state index contributed by atoms with van der Waals surface area (Å²) in [5, 5.41) is 3.20. The Kier molecular flexibility index (Phi) is 4.90. The van der Waals surface area contributed by atoms with Crippen molar-refractivity contribution >= 4 is 18.3 Å². The smallest absolute Gasteiger partial charge is 0.253 e. The molecule has 1 aliphatic heterocycles. The third-order valence-electron chi connectivity index (χ3n) is 2.97. The standard InChI is InChI=1S/C12H15FN2O.ClH/c1-15(11-5-6-14-8-11)12(16)9-3-2-4-10(13)7-9;/h2-4,7,11,14H,5-6,8H2,1H3;1H. The predicted octanol–water partition coefficient (Wildman–Crippen LogP) is 1.68. The molecule has 94 valence electrons. The average Bonchev–Trinajstić information content (AvgIpc) is 2.80. The van der Waals surface area contributed by atoms with Gasteiger partial charge in [-0.25, -0.2) is 4.39 Å². The second-order valence-corrected chi connectivity index (χ2v) is 4.07.